The van der Waals surface area contributed by atoms with Gasteiger partial charge >= 0.3 is 0 Å². The number of para-hydroxylation sites is 1. The van der Waals surface area contributed by atoms with Gasteiger partial charge in [-0.05, 0) is 56.9 Å². The average molecular weight is 463 g/mol. The first-order valence-electron chi connectivity index (χ1n) is 11.9. The summed E-state index contributed by atoms with van der Waals surface area (Å²) >= 11 is 0. The van der Waals surface area contributed by atoms with Crippen molar-refractivity contribution >= 4 is 22.9 Å². The van der Waals surface area contributed by atoms with Crippen molar-refractivity contribution in [2.24, 2.45) is 0 Å². The molecule has 34 heavy (non-hydrogen) atoms. The maximum atomic E-state index is 12.9. The predicted octanol–water partition coefficient (Wildman–Crippen LogP) is 5.34. The van der Waals surface area contributed by atoms with Gasteiger partial charge in [-0.25, -0.2) is 4.98 Å². The fraction of sp³-hybridized carbons (Fsp3) is 0.407. The lowest BCUT2D eigenvalue weighted by Gasteiger charge is -2.24. The maximum Gasteiger partial charge on any atom is 0.222 e. The lowest BCUT2D eigenvalue weighted by molar-refractivity contribution is -0.131. The highest BCUT2D eigenvalue weighted by Gasteiger charge is 2.23. The second-order valence-electron chi connectivity index (χ2n) is 9.17. The van der Waals surface area contributed by atoms with E-state index in [1.54, 1.807) is 4.90 Å². The molecule has 180 valence electrons. The number of nitrogens with two attached hydrogens (primary N) is 1. The van der Waals surface area contributed by atoms with Crippen LogP contribution in [-0.4, -0.2) is 46.7 Å². The number of allylic oxidation sites excluding steroid dienone is 1. The normalized spacial score (nSPS) is 16.5. The molecular formula is C27H34N4O3. The van der Waals surface area contributed by atoms with Crippen LogP contribution in [0.5, 0.6) is 11.5 Å². The largest absolute Gasteiger partial charge is 0.457 e. The minimum absolute atomic E-state index is 0.0328. The van der Waals surface area contributed by atoms with E-state index < -0.39 is 0 Å². The molecule has 2 heterocycles. The first kappa shape index (κ1) is 23.8. The van der Waals surface area contributed by atoms with E-state index >= 15 is 0 Å². The van der Waals surface area contributed by atoms with E-state index in [9.17, 15) is 4.79 Å². The van der Waals surface area contributed by atoms with Gasteiger partial charge in [-0.15, -0.1) is 6.58 Å². The Balaban J connectivity index is 1.53. The third kappa shape index (κ3) is 5.78. The van der Waals surface area contributed by atoms with E-state index in [0.717, 1.165) is 41.8 Å². The number of amides is 1. The second-order valence-corrected chi connectivity index (χ2v) is 9.17. The Hall–Kier alpha value is -3.32. The van der Waals surface area contributed by atoms with E-state index in [4.69, 9.17) is 15.2 Å². The number of aromatic nitrogens is 2. The van der Waals surface area contributed by atoms with Gasteiger partial charge in [-0.2, -0.15) is 0 Å². The molecule has 0 aliphatic carbocycles. The predicted molar refractivity (Wildman–Crippen MR) is 135 cm³/mol. The van der Waals surface area contributed by atoms with Crippen molar-refractivity contribution in [2.45, 2.75) is 51.2 Å². The van der Waals surface area contributed by atoms with E-state index in [1.807, 2.05) is 67.1 Å². The summed E-state index contributed by atoms with van der Waals surface area (Å²) < 4.78 is 13.7. The Labute approximate surface area is 201 Å². The SMILES string of the molecule is C=C(C)C[C@H](CCC(=O)N(C)C[C@@H]1CCCO1)n1c(N)nc2ccc(Oc3ccccc3)cc21. The van der Waals surface area contributed by atoms with E-state index in [-0.39, 0.29) is 18.1 Å². The summed E-state index contributed by atoms with van der Waals surface area (Å²) in [5, 5.41) is 0. The Kier molecular flexibility index (Phi) is 7.53. The van der Waals surface area contributed by atoms with Crippen molar-refractivity contribution in [3.63, 3.8) is 0 Å². The molecular weight excluding hydrogens is 428 g/mol. The zero-order chi connectivity index (χ0) is 24.1. The molecule has 3 aromatic rings. The van der Waals surface area contributed by atoms with Crippen molar-refractivity contribution in [3.8, 4) is 11.5 Å². The molecule has 0 bridgehead atoms. The molecule has 0 spiro atoms. The van der Waals surface area contributed by atoms with Crippen molar-refractivity contribution in [3.05, 3.63) is 60.7 Å². The van der Waals surface area contributed by atoms with Crippen LogP contribution in [0.3, 0.4) is 0 Å². The highest BCUT2D eigenvalue weighted by Crippen LogP contribution is 2.33. The average Bonchev–Trinajstić information content (AvgIpc) is 3.43. The summed E-state index contributed by atoms with van der Waals surface area (Å²) in [7, 11) is 1.85. The molecule has 1 aliphatic rings. The van der Waals surface area contributed by atoms with Crippen LogP contribution in [0, 0.1) is 0 Å². The van der Waals surface area contributed by atoms with Gasteiger partial charge in [0, 0.05) is 38.7 Å². The first-order valence-corrected chi connectivity index (χ1v) is 11.9. The molecule has 1 fully saturated rings. The number of carbonyl (C=O) groups is 1. The number of hydrogen-bond donors (Lipinski definition) is 1. The number of likely N-dealkylation sites (N-methyl/N-ethyl adjacent to an activating group) is 1. The smallest absolute Gasteiger partial charge is 0.222 e. The zero-order valence-corrected chi connectivity index (χ0v) is 20.1. The lowest BCUT2D eigenvalue weighted by atomic mass is 10.0. The highest BCUT2D eigenvalue weighted by molar-refractivity contribution is 5.80. The van der Waals surface area contributed by atoms with E-state index in [1.165, 1.54) is 0 Å². The number of hydrogen-bond acceptors (Lipinski definition) is 5. The van der Waals surface area contributed by atoms with Crippen LogP contribution in [0.2, 0.25) is 0 Å². The third-order valence-corrected chi connectivity index (χ3v) is 6.24. The van der Waals surface area contributed by atoms with Gasteiger partial charge < -0.3 is 24.7 Å². The molecule has 1 aromatic heterocycles. The molecule has 1 amide bonds. The molecule has 7 nitrogen and oxygen atoms in total. The minimum atomic E-state index is -0.0328. The summed E-state index contributed by atoms with van der Waals surface area (Å²) in [6.07, 6.45) is 4.00. The molecule has 2 atom stereocenters. The van der Waals surface area contributed by atoms with E-state index in [2.05, 4.69) is 11.6 Å². The lowest BCUT2D eigenvalue weighted by Crippen LogP contribution is -2.34. The molecule has 2 N–H and O–H groups in total. The fourth-order valence-electron chi connectivity index (χ4n) is 4.56. The molecule has 4 rings (SSSR count). The van der Waals surface area contributed by atoms with Gasteiger partial charge in [0.05, 0.1) is 17.1 Å². The quantitative estimate of drug-likeness (QED) is 0.412. The first-order chi connectivity index (χ1) is 16.4. The third-order valence-electron chi connectivity index (χ3n) is 6.24. The van der Waals surface area contributed by atoms with Crippen molar-refractivity contribution in [1.82, 2.24) is 14.5 Å². The van der Waals surface area contributed by atoms with Crippen LogP contribution in [0.1, 0.15) is 45.1 Å². The number of ether oxygens (including phenoxy) is 2. The van der Waals surface area contributed by atoms with Gasteiger partial charge in [-0.1, -0.05) is 23.8 Å². The zero-order valence-electron chi connectivity index (χ0n) is 20.1. The number of carbonyl (C=O) groups excluding carboxylic acids is 1. The molecule has 0 radical (unpaired) electrons. The molecule has 7 heteroatoms. The van der Waals surface area contributed by atoms with E-state index in [0.29, 0.717) is 37.5 Å². The summed E-state index contributed by atoms with van der Waals surface area (Å²) in [5.74, 6) is 2.01. The van der Waals surface area contributed by atoms with Gasteiger partial charge in [0.25, 0.3) is 0 Å². The van der Waals surface area contributed by atoms with Crippen molar-refractivity contribution in [1.29, 1.82) is 0 Å². The molecule has 0 saturated carbocycles. The number of imidazole rings is 1. The highest BCUT2D eigenvalue weighted by atomic mass is 16.5. The van der Waals surface area contributed by atoms with Crippen LogP contribution >= 0.6 is 0 Å². The van der Waals surface area contributed by atoms with Gasteiger partial charge in [0.1, 0.15) is 11.5 Å². The van der Waals surface area contributed by atoms with Crippen molar-refractivity contribution in [2.75, 3.05) is 25.9 Å². The monoisotopic (exact) mass is 462 g/mol. The number of nitrogen functional groups attached to an aromatic ring is 1. The van der Waals surface area contributed by atoms with Crippen LogP contribution in [0.25, 0.3) is 11.0 Å². The minimum Gasteiger partial charge on any atom is -0.457 e. The number of benzene rings is 2. The Morgan fingerprint density at radius 3 is 2.79 bits per heavy atom. The van der Waals surface area contributed by atoms with Gasteiger partial charge in [0.15, 0.2) is 0 Å². The molecule has 2 aromatic carbocycles. The Morgan fingerprint density at radius 1 is 1.29 bits per heavy atom. The number of fused-ring (bicyclic) bond motifs is 1. The second kappa shape index (κ2) is 10.7. The number of rotatable bonds is 10. The summed E-state index contributed by atoms with van der Waals surface area (Å²) in [6.45, 7) is 7.53. The fourth-order valence-corrected chi connectivity index (χ4v) is 4.56. The molecule has 1 saturated heterocycles. The Bertz CT molecular complexity index is 1140. The van der Waals surface area contributed by atoms with Crippen LogP contribution in [0.4, 0.5) is 5.95 Å². The van der Waals surface area contributed by atoms with Crippen LogP contribution in [-0.2, 0) is 9.53 Å². The standard InChI is InChI=1S/C27H34N4O3/c1-19(2)16-20(11-14-26(32)30(3)18-23-10-7-15-33-23)31-25-17-22(12-13-24(25)29-27(31)28)34-21-8-5-4-6-9-21/h4-6,8-9,12-13,17,20,23H,1,7,10-11,14-16,18H2,2-3H3,(H2,28,29)/t20-,23-/m0/s1. The molecule has 1 aliphatic heterocycles. The number of anilines is 1. The van der Waals surface area contributed by atoms with Crippen LogP contribution < -0.4 is 10.5 Å². The summed E-state index contributed by atoms with van der Waals surface area (Å²) in [6, 6.07) is 15.4. The summed E-state index contributed by atoms with van der Waals surface area (Å²) in [4.78, 5) is 19.2. The van der Waals surface area contributed by atoms with Crippen molar-refractivity contribution < 1.29 is 14.3 Å². The van der Waals surface area contributed by atoms with Gasteiger partial charge in [-0.3, -0.25) is 4.79 Å². The van der Waals surface area contributed by atoms with Crippen LogP contribution in [0.15, 0.2) is 60.7 Å². The summed E-state index contributed by atoms with van der Waals surface area (Å²) in [5.41, 5.74) is 9.09. The topological polar surface area (TPSA) is 82.6 Å². The number of nitrogens with zero attached hydrogens (tertiary/aromatic N) is 3. The van der Waals surface area contributed by atoms with Gasteiger partial charge in [0.2, 0.25) is 11.9 Å². The maximum absolute atomic E-state index is 12.9. The Morgan fingerprint density at radius 2 is 2.09 bits per heavy atom. The molecule has 0 unspecified atom stereocenters.